The molecule has 3 N–H and O–H groups in total. The molecule has 0 aliphatic carbocycles. The molecule has 0 fully saturated rings. The number of amides is 1. The lowest BCUT2D eigenvalue weighted by molar-refractivity contribution is -0.116. The zero-order valence-electron chi connectivity index (χ0n) is 10.8. The maximum Gasteiger partial charge on any atom is 0.347 e. The Labute approximate surface area is 114 Å². The van der Waals surface area contributed by atoms with E-state index in [2.05, 4.69) is 10.3 Å². The van der Waals surface area contributed by atoms with Gasteiger partial charge in [0.2, 0.25) is 5.91 Å². The molecule has 1 aromatic heterocycles. The van der Waals surface area contributed by atoms with E-state index < -0.39 is 17.4 Å². The second-order valence-corrected chi connectivity index (χ2v) is 4.32. The summed E-state index contributed by atoms with van der Waals surface area (Å²) >= 11 is 0. The number of aryl methyl sites for hydroxylation is 1. The minimum absolute atomic E-state index is 0.170. The SMILES string of the molecule is Cc1cnc(=O)n(CC(=O)Nc2cc(F)ccc2N)c1. The van der Waals surface area contributed by atoms with Crippen molar-refractivity contribution in [2.24, 2.45) is 0 Å². The topological polar surface area (TPSA) is 90.0 Å². The molecule has 6 nitrogen and oxygen atoms in total. The highest BCUT2D eigenvalue weighted by molar-refractivity contribution is 5.93. The molecule has 20 heavy (non-hydrogen) atoms. The summed E-state index contributed by atoms with van der Waals surface area (Å²) in [5, 5.41) is 2.45. The molecule has 7 heteroatoms. The molecule has 0 unspecified atom stereocenters. The van der Waals surface area contributed by atoms with Crippen LogP contribution in [0.15, 0.2) is 35.4 Å². The molecule has 104 valence electrons. The Balaban J connectivity index is 2.15. The van der Waals surface area contributed by atoms with E-state index in [-0.39, 0.29) is 17.9 Å². The van der Waals surface area contributed by atoms with E-state index in [0.717, 1.165) is 11.6 Å². The van der Waals surface area contributed by atoms with Crippen LogP contribution in [0.5, 0.6) is 0 Å². The molecule has 0 atom stereocenters. The summed E-state index contributed by atoms with van der Waals surface area (Å²) in [5.41, 5.74) is 6.26. The van der Waals surface area contributed by atoms with Crippen LogP contribution in [0.1, 0.15) is 5.56 Å². The lowest BCUT2D eigenvalue weighted by Gasteiger charge is -2.09. The summed E-state index contributed by atoms with van der Waals surface area (Å²) in [6.07, 6.45) is 2.94. The second-order valence-electron chi connectivity index (χ2n) is 4.32. The van der Waals surface area contributed by atoms with E-state index in [9.17, 15) is 14.0 Å². The van der Waals surface area contributed by atoms with Gasteiger partial charge in [-0.2, -0.15) is 0 Å². The average Bonchev–Trinajstić information content (AvgIpc) is 2.38. The van der Waals surface area contributed by atoms with Crippen LogP contribution in [0, 0.1) is 12.7 Å². The van der Waals surface area contributed by atoms with Crippen LogP contribution in [-0.4, -0.2) is 15.5 Å². The number of nitrogens with zero attached hydrogens (tertiary/aromatic N) is 2. The Bertz CT molecular complexity index is 712. The van der Waals surface area contributed by atoms with E-state index in [4.69, 9.17) is 5.73 Å². The van der Waals surface area contributed by atoms with Gasteiger partial charge < -0.3 is 11.1 Å². The second kappa shape index (κ2) is 5.52. The summed E-state index contributed by atoms with van der Waals surface area (Å²) in [7, 11) is 0. The first kappa shape index (κ1) is 13.7. The van der Waals surface area contributed by atoms with Gasteiger partial charge in [-0.3, -0.25) is 9.36 Å². The molecular weight excluding hydrogens is 263 g/mol. The molecule has 1 aromatic carbocycles. The normalized spacial score (nSPS) is 10.3. The van der Waals surface area contributed by atoms with Gasteiger partial charge in [0.05, 0.1) is 11.4 Å². The standard InChI is InChI=1S/C13H13FN4O2/c1-8-5-16-13(20)18(6-8)7-12(19)17-11-4-9(14)2-3-10(11)15/h2-6H,7,15H2,1H3,(H,17,19). The Morgan fingerprint density at radius 3 is 3.00 bits per heavy atom. The van der Waals surface area contributed by atoms with Gasteiger partial charge in [0, 0.05) is 12.4 Å². The molecule has 0 aliphatic rings. The largest absolute Gasteiger partial charge is 0.397 e. The van der Waals surface area contributed by atoms with Crippen molar-refractivity contribution in [2.75, 3.05) is 11.1 Å². The first-order valence-electron chi connectivity index (χ1n) is 5.83. The van der Waals surface area contributed by atoms with Crippen molar-refractivity contribution < 1.29 is 9.18 Å². The van der Waals surface area contributed by atoms with Gasteiger partial charge in [-0.1, -0.05) is 0 Å². The number of nitrogens with two attached hydrogens (primary N) is 1. The van der Waals surface area contributed by atoms with Crippen molar-refractivity contribution in [3.8, 4) is 0 Å². The molecule has 0 spiro atoms. The summed E-state index contributed by atoms with van der Waals surface area (Å²) in [5.74, 6) is -0.999. The number of hydrogen-bond donors (Lipinski definition) is 2. The van der Waals surface area contributed by atoms with Crippen LogP contribution in [0.4, 0.5) is 15.8 Å². The highest BCUT2D eigenvalue weighted by Crippen LogP contribution is 2.18. The predicted molar refractivity (Wildman–Crippen MR) is 72.7 cm³/mol. The monoisotopic (exact) mass is 276 g/mol. The third kappa shape index (κ3) is 3.19. The zero-order chi connectivity index (χ0) is 14.7. The summed E-state index contributed by atoms with van der Waals surface area (Å²) in [6, 6.07) is 3.66. The zero-order valence-corrected chi connectivity index (χ0v) is 10.8. The highest BCUT2D eigenvalue weighted by atomic mass is 19.1. The first-order valence-corrected chi connectivity index (χ1v) is 5.83. The molecule has 1 amide bonds. The van der Waals surface area contributed by atoms with Crippen LogP contribution >= 0.6 is 0 Å². The van der Waals surface area contributed by atoms with Crippen molar-refractivity contribution in [1.82, 2.24) is 9.55 Å². The smallest absolute Gasteiger partial charge is 0.347 e. The number of rotatable bonds is 3. The lowest BCUT2D eigenvalue weighted by Crippen LogP contribution is -2.29. The van der Waals surface area contributed by atoms with E-state index in [1.165, 1.54) is 29.1 Å². The van der Waals surface area contributed by atoms with Crippen LogP contribution in [0.3, 0.4) is 0 Å². The Hall–Kier alpha value is -2.70. The number of carbonyl (C=O) groups excluding carboxylic acids is 1. The Morgan fingerprint density at radius 1 is 1.50 bits per heavy atom. The van der Waals surface area contributed by atoms with Gasteiger partial charge in [0.15, 0.2) is 0 Å². The summed E-state index contributed by atoms with van der Waals surface area (Å²) < 4.78 is 14.2. The van der Waals surface area contributed by atoms with Gasteiger partial charge in [0.1, 0.15) is 12.4 Å². The number of halogens is 1. The maximum absolute atomic E-state index is 13.1. The molecule has 0 saturated heterocycles. The van der Waals surface area contributed by atoms with Gasteiger partial charge in [-0.25, -0.2) is 14.2 Å². The molecule has 1 heterocycles. The number of nitrogens with one attached hydrogen (secondary N) is 1. The molecular formula is C13H13FN4O2. The number of aromatic nitrogens is 2. The number of nitrogen functional groups attached to an aromatic ring is 1. The van der Waals surface area contributed by atoms with E-state index >= 15 is 0 Å². The Kier molecular flexibility index (Phi) is 3.79. The number of anilines is 2. The summed E-state index contributed by atoms with van der Waals surface area (Å²) in [4.78, 5) is 26.9. The van der Waals surface area contributed by atoms with Crippen molar-refractivity contribution in [3.05, 3.63) is 52.5 Å². The highest BCUT2D eigenvalue weighted by Gasteiger charge is 2.08. The van der Waals surface area contributed by atoms with Crippen molar-refractivity contribution in [1.29, 1.82) is 0 Å². The third-order valence-corrected chi connectivity index (χ3v) is 2.59. The summed E-state index contributed by atoms with van der Waals surface area (Å²) in [6.45, 7) is 1.54. The molecule has 0 radical (unpaired) electrons. The van der Waals surface area contributed by atoms with Gasteiger partial charge in [-0.15, -0.1) is 0 Å². The average molecular weight is 276 g/mol. The van der Waals surface area contributed by atoms with E-state index in [1.807, 2.05) is 0 Å². The van der Waals surface area contributed by atoms with Crippen LogP contribution in [0.25, 0.3) is 0 Å². The number of carbonyl (C=O) groups is 1. The molecule has 0 bridgehead atoms. The van der Waals surface area contributed by atoms with Gasteiger partial charge in [-0.05, 0) is 30.7 Å². The minimum Gasteiger partial charge on any atom is -0.397 e. The van der Waals surface area contributed by atoms with Crippen LogP contribution in [0.2, 0.25) is 0 Å². The number of hydrogen-bond acceptors (Lipinski definition) is 4. The van der Waals surface area contributed by atoms with E-state index in [0.29, 0.717) is 0 Å². The maximum atomic E-state index is 13.1. The third-order valence-electron chi connectivity index (χ3n) is 2.59. The van der Waals surface area contributed by atoms with Gasteiger partial charge >= 0.3 is 5.69 Å². The van der Waals surface area contributed by atoms with Crippen LogP contribution in [-0.2, 0) is 11.3 Å². The molecule has 0 saturated carbocycles. The molecule has 2 aromatic rings. The molecule has 0 aliphatic heterocycles. The Morgan fingerprint density at radius 2 is 2.25 bits per heavy atom. The minimum atomic E-state index is -0.530. The quantitative estimate of drug-likeness (QED) is 0.815. The fraction of sp³-hybridized carbons (Fsp3) is 0.154. The lowest BCUT2D eigenvalue weighted by atomic mass is 10.2. The van der Waals surface area contributed by atoms with Gasteiger partial charge in [0.25, 0.3) is 0 Å². The van der Waals surface area contributed by atoms with E-state index in [1.54, 1.807) is 6.92 Å². The fourth-order valence-electron chi connectivity index (χ4n) is 1.66. The van der Waals surface area contributed by atoms with Crippen molar-refractivity contribution >= 4 is 17.3 Å². The van der Waals surface area contributed by atoms with Crippen LogP contribution < -0.4 is 16.7 Å². The number of benzene rings is 1. The first-order chi connectivity index (χ1) is 9.45. The van der Waals surface area contributed by atoms with Crippen molar-refractivity contribution in [3.63, 3.8) is 0 Å². The molecule has 2 rings (SSSR count). The fourth-order valence-corrected chi connectivity index (χ4v) is 1.66. The van der Waals surface area contributed by atoms with Crippen molar-refractivity contribution in [2.45, 2.75) is 13.5 Å². The predicted octanol–water partition coefficient (Wildman–Crippen LogP) is 0.912.